The number of esters is 1. The second-order valence-corrected chi connectivity index (χ2v) is 8.09. The largest absolute Gasteiger partial charge is 0.481 e. The van der Waals surface area contributed by atoms with Crippen LogP contribution in [0.1, 0.15) is 19.3 Å². The summed E-state index contributed by atoms with van der Waals surface area (Å²) in [6.45, 7) is 0.191. The van der Waals surface area contributed by atoms with Gasteiger partial charge in [0, 0.05) is 38.2 Å². The Hall–Kier alpha value is -3.05. The number of hydrogen-bond donors (Lipinski definition) is 0. The Morgan fingerprint density at radius 2 is 1.86 bits per heavy atom. The van der Waals surface area contributed by atoms with Gasteiger partial charge < -0.3 is 9.47 Å². The third-order valence-corrected chi connectivity index (χ3v) is 5.88. The minimum atomic E-state index is -3.76. The van der Waals surface area contributed by atoms with Gasteiger partial charge in [-0.25, -0.2) is 17.7 Å². The van der Waals surface area contributed by atoms with E-state index in [0.29, 0.717) is 24.5 Å². The molecule has 0 bridgehead atoms. The van der Waals surface area contributed by atoms with E-state index in [0.717, 1.165) is 16.4 Å². The predicted molar refractivity (Wildman–Crippen MR) is 103 cm³/mol. The van der Waals surface area contributed by atoms with Crippen molar-refractivity contribution < 1.29 is 27.6 Å². The molecular formula is C18H21N3O7S. The molecule has 0 spiro atoms. The van der Waals surface area contributed by atoms with Crippen LogP contribution in [-0.4, -0.2) is 49.3 Å². The standard InChI is InChI=1S/C18H21N3O7S/c1-20(29(25,26)16-9-6-14(7-10-16)21(23)24)12-4-3-5-18(22)28-15-8-11-17(27-2)19-13-15/h6-11,13H,3-5,12H2,1-2H3. The van der Waals surface area contributed by atoms with Gasteiger partial charge in [-0.05, 0) is 31.0 Å². The fraction of sp³-hybridized carbons (Fsp3) is 0.333. The van der Waals surface area contributed by atoms with E-state index in [1.807, 2.05) is 0 Å². The highest BCUT2D eigenvalue weighted by Crippen LogP contribution is 2.19. The Balaban J connectivity index is 1.79. The quantitative estimate of drug-likeness (QED) is 0.246. The molecule has 1 aromatic carbocycles. The number of ether oxygens (including phenoxy) is 2. The van der Waals surface area contributed by atoms with Gasteiger partial charge in [0.2, 0.25) is 15.9 Å². The third-order valence-electron chi connectivity index (χ3n) is 4.01. The Kier molecular flexibility index (Phi) is 7.62. The summed E-state index contributed by atoms with van der Waals surface area (Å²) in [5.74, 6) is 0.258. The first-order chi connectivity index (χ1) is 13.7. The first kappa shape index (κ1) is 22.2. The second kappa shape index (κ2) is 9.94. The predicted octanol–water partition coefficient (Wildman–Crippen LogP) is 2.39. The van der Waals surface area contributed by atoms with Gasteiger partial charge in [0.05, 0.1) is 23.1 Å². The molecule has 156 valence electrons. The maximum absolute atomic E-state index is 12.5. The zero-order chi connectivity index (χ0) is 21.4. The van der Waals surface area contributed by atoms with Gasteiger partial charge in [-0.3, -0.25) is 14.9 Å². The molecule has 0 saturated heterocycles. The van der Waals surface area contributed by atoms with E-state index < -0.39 is 20.9 Å². The van der Waals surface area contributed by atoms with E-state index in [2.05, 4.69) is 4.98 Å². The van der Waals surface area contributed by atoms with E-state index in [1.165, 1.54) is 32.5 Å². The molecule has 11 heteroatoms. The molecular weight excluding hydrogens is 402 g/mol. The molecule has 10 nitrogen and oxygen atoms in total. The SMILES string of the molecule is COc1ccc(OC(=O)CCCCN(C)S(=O)(=O)c2ccc([N+](=O)[O-])cc2)cn1. The highest BCUT2D eigenvalue weighted by atomic mass is 32.2. The number of sulfonamides is 1. The minimum Gasteiger partial charge on any atom is -0.481 e. The number of methoxy groups -OCH3 is 1. The van der Waals surface area contributed by atoms with Crippen LogP contribution in [-0.2, 0) is 14.8 Å². The number of carbonyl (C=O) groups excluding carboxylic acids is 1. The molecule has 1 aromatic heterocycles. The van der Waals surface area contributed by atoms with Gasteiger partial charge in [-0.1, -0.05) is 0 Å². The topological polar surface area (TPSA) is 129 Å². The van der Waals surface area contributed by atoms with Crippen LogP contribution in [0.3, 0.4) is 0 Å². The number of hydrogen-bond acceptors (Lipinski definition) is 8. The Bertz CT molecular complexity index is 944. The number of pyridine rings is 1. The lowest BCUT2D eigenvalue weighted by Crippen LogP contribution is -2.28. The van der Waals surface area contributed by atoms with Crippen molar-refractivity contribution in [1.82, 2.24) is 9.29 Å². The van der Waals surface area contributed by atoms with Gasteiger partial charge in [0.15, 0.2) is 0 Å². The van der Waals surface area contributed by atoms with E-state index in [-0.39, 0.29) is 23.5 Å². The maximum atomic E-state index is 12.5. The molecule has 0 atom stereocenters. The van der Waals surface area contributed by atoms with Gasteiger partial charge in [-0.2, -0.15) is 0 Å². The number of nitrogens with zero attached hydrogens (tertiary/aromatic N) is 3. The zero-order valence-electron chi connectivity index (χ0n) is 16.0. The van der Waals surface area contributed by atoms with Crippen molar-refractivity contribution in [2.45, 2.75) is 24.2 Å². The van der Waals surface area contributed by atoms with E-state index in [1.54, 1.807) is 12.1 Å². The van der Waals surface area contributed by atoms with E-state index >= 15 is 0 Å². The molecule has 0 saturated carbocycles. The van der Waals surface area contributed by atoms with Crippen LogP contribution in [0.5, 0.6) is 11.6 Å². The minimum absolute atomic E-state index is 0.0305. The van der Waals surface area contributed by atoms with Crippen LogP contribution in [0.25, 0.3) is 0 Å². The average Bonchev–Trinajstić information content (AvgIpc) is 2.71. The highest BCUT2D eigenvalue weighted by molar-refractivity contribution is 7.89. The highest BCUT2D eigenvalue weighted by Gasteiger charge is 2.21. The van der Waals surface area contributed by atoms with Crippen LogP contribution in [0.15, 0.2) is 47.5 Å². The number of nitro groups is 1. The fourth-order valence-corrected chi connectivity index (χ4v) is 3.58. The van der Waals surface area contributed by atoms with Crippen molar-refractivity contribution in [2.75, 3.05) is 20.7 Å². The summed E-state index contributed by atoms with van der Waals surface area (Å²) in [4.78, 5) is 25.8. The Morgan fingerprint density at radius 1 is 1.17 bits per heavy atom. The number of aromatic nitrogens is 1. The van der Waals surface area contributed by atoms with Crippen molar-refractivity contribution >= 4 is 21.7 Å². The summed E-state index contributed by atoms with van der Waals surface area (Å²) in [5.41, 5.74) is -0.183. The monoisotopic (exact) mass is 423 g/mol. The van der Waals surface area contributed by atoms with Crippen LogP contribution in [0.2, 0.25) is 0 Å². The average molecular weight is 423 g/mol. The number of benzene rings is 1. The summed E-state index contributed by atoms with van der Waals surface area (Å²) >= 11 is 0. The summed E-state index contributed by atoms with van der Waals surface area (Å²) in [6.07, 6.45) is 2.37. The molecule has 1 heterocycles. The fourth-order valence-electron chi connectivity index (χ4n) is 2.37. The molecule has 0 fully saturated rings. The summed E-state index contributed by atoms with van der Waals surface area (Å²) in [5, 5.41) is 10.7. The van der Waals surface area contributed by atoms with E-state index in [9.17, 15) is 23.3 Å². The number of non-ortho nitro benzene ring substituents is 1. The number of nitro benzene ring substituents is 1. The lowest BCUT2D eigenvalue weighted by molar-refractivity contribution is -0.384. The van der Waals surface area contributed by atoms with Crippen molar-refractivity contribution in [3.05, 3.63) is 52.7 Å². The molecule has 0 aliphatic rings. The molecule has 0 radical (unpaired) electrons. The van der Waals surface area contributed by atoms with Crippen LogP contribution < -0.4 is 9.47 Å². The van der Waals surface area contributed by atoms with Crippen molar-refractivity contribution in [3.63, 3.8) is 0 Å². The molecule has 0 N–H and O–H groups in total. The van der Waals surface area contributed by atoms with Crippen LogP contribution in [0.4, 0.5) is 5.69 Å². The smallest absolute Gasteiger partial charge is 0.311 e. The molecule has 0 unspecified atom stereocenters. The zero-order valence-corrected chi connectivity index (χ0v) is 16.8. The molecule has 29 heavy (non-hydrogen) atoms. The van der Waals surface area contributed by atoms with Gasteiger partial charge in [-0.15, -0.1) is 0 Å². The Labute approximate surface area is 168 Å². The second-order valence-electron chi connectivity index (χ2n) is 6.05. The Morgan fingerprint density at radius 3 is 2.41 bits per heavy atom. The summed E-state index contributed by atoms with van der Waals surface area (Å²) < 4.78 is 36.2. The molecule has 0 aliphatic carbocycles. The molecule has 0 aliphatic heterocycles. The van der Waals surface area contributed by atoms with Gasteiger partial charge in [0.25, 0.3) is 5.69 Å². The van der Waals surface area contributed by atoms with Gasteiger partial charge in [0.1, 0.15) is 5.75 Å². The van der Waals surface area contributed by atoms with Gasteiger partial charge >= 0.3 is 5.97 Å². The van der Waals surface area contributed by atoms with Crippen molar-refractivity contribution in [2.24, 2.45) is 0 Å². The molecule has 2 rings (SSSR count). The summed E-state index contributed by atoms with van der Waals surface area (Å²) in [7, 11) is -0.869. The first-order valence-electron chi connectivity index (χ1n) is 8.65. The summed E-state index contributed by atoms with van der Waals surface area (Å²) in [6, 6.07) is 7.82. The number of unbranched alkanes of at least 4 members (excludes halogenated alkanes) is 1. The first-order valence-corrected chi connectivity index (χ1v) is 10.1. The van der Waals surface area contributed by atoms with Crippen LogP contribution in [0, 0.1) is 10.1 Å². The molecule has 0 amide bonds. The van der Waals surface area contributed by atoms with Crippen molar-refractivity contribution in [3.8, 4) is 11.6 Å². The normalized spacial score (nSPS) is 11.3. The maximum Gasteiger partial charge on any atom is 0.311 e. The lowest BCUT2D eigenvalue weighted by atomic mass is 10.2. The van der Waals surface area contributed by atoms with E-state index in [4.69, 9.17) is 9.47 Å². The molecule has 2 aromatic rings. The number of rotatable bonds is 10. The third kappa shape index (κ3) is 6.22. The number of carbonyl (C=O) groups is 1. The lowest BCUT2D eigenvalue weighted by Gasteiger charge is -2.17. The van der Waals surface area contributed by atoms with Crippen LogP contribution >= 0.6 is 0 Å². The van der Waals surface area contributed by atoms with Crippen molar-refractivity contribution in [1.29, 1.82) is 0 Å².